The van der Waals surface area contributed by atoms with E-state index in [-0.39, 0.29) is 5.54 Å². The van der Waals surface area contributed by atoms with E-state index < -0.39 is 0 Å². The Kier molecular flexibility index (Phi) is 2.89. The highest BCUT2D eigenvalue weighted by molar-refractivity contribution is 5.59. The van der Waals surface area contributed by atoms with Crippen LogP contribution in [0.2, 0.25) is 0 Å². The second-order valence-corrected chi connectivity index (χ2v) is 5.15. The molecular formula is C13H21N. The lowest BCUT2D eigenvalue weighted by Gasteiger charge is -2.25. The number of anilines is 1. The van der Waals surface area contributed by atoms with Gasteiger partial charge in [0, 0.05) is 11.2 Å². The van der Waals surface area contributed by atoms with Gasteiger partial charge in [-0.05, 0) is 52.7 Å². The topological polar surface area (TPSA) is 12.0 Å². The molecule has 14 heavy (non-hydrogen) atoms. The minimum absolute atomic E-state index is 0.130. The first-order valence-corrected chi connectivity index (χ1v) is 5.15. The molecule has 78 valence electrons. The zero-order chi connectivity index (χ0) is 10.9. The van der Waals surface area contributed by atoms with Gasteiger partial charge in [-0.25, -0.2) is 0 Å². The van der Waals surface area contributed by atoms with E-state index in [0.717, 1.165) is 0 Å². The predicted octanol–water partition coefficient (Wildman–Crippen LogP) is 3.82. The third-order valence-electron chi connectivity index (χ3n) is 2.18. The van der Waals surface area contributed by atoms with Crippen LogP contribution in [-0.4, -0.2) is 5.54 Å². The molecule has 0 saturated carbocycles. The summed E-state index contributed by atoms with van der Waals surface area (Å²) < 4.78 is 0. The van der Waals surface area contributed by atoms with Gasteiger partial charge in [-0.3, -0.25) is 0 Å². The Morgan fingerprint density at radius 2 is 1.36 bits per heavy atom. The summed E-state index contributed by atoms with van der Waals surface area (Å²) in [6.45, 7) is 13.0. The van der Waals surface area contributed by atoms with E-state index in [4.69, 9.17) is 0 Å². The minimum atomic E-state index is 0.130. The van der Waals surface area contributed by atoms with Crippen molar-refractivity contribution in [3.05, 3.63) is 28.8 Å². The summed E-state index contributed by atoms with van der Waals surface area (Å²) in [6.07, 6.45) is 0. The van der Waals surface area contributed by atoms with Crippen LogP contribution in [0.15, 0.2) is 12.1 Å². The Morgan fingerprint density at radius 3 is 1.71 bits per heavy atom. The van der Waals surface area contributed by atoms with Crippen LogP contribution in [0.1, 0.15) is 37.5 Å². The van der Waals surface area contributed by atoms with Crippen molar-refractivity contribution in [2.45, 2.75) is 47.1 Å². The van der Waals surface area contributed by atoms with Gasteiger partial charge in [-0.1, -0.05) is 17.7 Å². The molecular weight excluding hydrogens is 170 g/mol. The monoisotopic (exact) mass is 191 g/mol. The highest BCUT2D eigenvalue weighted by Crippen LogP contribution is 2.24. The molecule has 1 rings (SSSR count). The molecule has 0 aliphatic heterocycles. The first-order chi connectivity index (χ1) is 6.29. The van der Waals surface area contributed by atoms with Crippen molar-refractivity contribution in [1.82, 2.24) is 0 Å². The molecule has 1 aromatic carbocycles. The quantitative estimate of drug-likeness (QED) is 0.711. The van der Waals surface area contributed by atoms with E-state index in [1.54, 1.807) is 0 Å². The van der Waals surface area contributed by atoms with Gasteiger partial charge in [0.1, 0.15) is 0 Å². The number of nitrogens with one attached hydrogen (secondary N) is 1. The second-order valence-electron chi connectivity index (χ2n) is 5.15. The summed E-state index contributed by atoms with van der Waals surface area (Å²) in [5, 5.41) is 3.54. The van der Waals surface area contributed by atoms with Crippen LogP contribution in [0.3, 0.4) is 0 Å². The number of aryl methyl sites for hydroxylation is 3. The van der Waals surface area contributed by atoms with Crippen molar-refractivity contribution in [2.75, 3.05) is 5.32 Å². The SMILES string of the molecule is Cc1cc(C)c(NC(C)(C)C)c(C)c1. The molecule has 0 fully saturated rings. The molecule has 0 bridgehead atoms. The van der Waals surface area contributed by atoms with Crippen molar-refractivity contribution >= 4 is 5.69 Å². The van der Waals surface area contributed by atoms with Gasteiger partial charge in [0.15, 0.2) is 0 Å². The molecule has 0 radical (unpaired) electrons. The summed E-state index contributed by atoms with van der Waals surface area (Å²) in [6, 6.07) is 4.45. The molecule has 0 spiro atoms. The maximum absolute atomic E-state index is 3.54. The predicted molar refractivity (Wildman–Crippen MR) is 64.0 cm³/mol. The molecule has 0 heterocycles. The fourth-order valence-corrected chi connectivity index (χ4v) is 1.75. The average molecular weight is 191 g/mol. The van der Waals surface area contributed by atoms with Gasteiger partial charge in [0.2, 0.25) is 0 Å². The highest BCUT2D eigenvalue weighted by Gasteiger charge is 2.12. The van der Waals surface area contributed by atoms with Crippen molar-refractivity contribution < 1.29 is 0 Å². The first-order valence-electron chi connectivity index (χ1n) is 5.15. The average Bonchev–Trinajstić information content (AvgIpc) is 1.95. The van der Waals surface area contributed by atoms with Crippen molar-refractivity contribution in [3.8, 4) is 0 Å². The van der Waals surface area contributed by atoms with Crippen molar-refractivity contribution in [1.29, 1.82) is 0 Å². The molecule has 1 aromatic rings. The van der Waals surface area contributed by atoms with E-state index in [2.05, 4.69) is 59.0 Å². The van der Waals surface area contributed by atoms with Crippen molar-refractivity contribution in [3.63, 3.8) is 0 Å². The maximum Gasteiger partial charge on any atom is 0.0403 e. The molecule has 0 aliphatic carbocycles. The molecule has 0 saturated heterocycles. The number of rotatable bonds is 1. The van der Waals surface area contributed by atoms with Gasteiger partial charge >= 0.3 is 0 Å². The largest absolute Gasteiger partial charge is 0.380 e. The Labute approximate surface area is 87.5 Å². The molecule has 0 aliphatic rings. The molecule has 1 N–H and O–H groups in total. The normalized spacial score (nSPS) is 11.6. The highest BCUT2D eigenvalue weighted by atomic mass is 15.0. The van der Waals surface area contributed by atoms with Crippen LogP contribution < -0.4 is 5.32 Å². The third kappa shape index (κ3) is 2.76. The lowest BCUT2D eigenvalue weighted by Crippen LogP contribution is -2.27. The van der Waals surface area contributed by atoms with Crippen LogP contribution in [0.5, 0.6) is 0 Å². The van der Waals surface area contributed by atoms with Crippen LogP contribution >= 0.6 is 0 Å². The summed E-state index contributed by atoms with van der Waals surface area (Å²) in [7, 11) is 0. The standard InChI is InChI=1S/C13H21N/c1-9-7-10(2)12(11(3)8-9)14-13(4,5)6/h7-8,14H,1-6H3. The van der Waals surface area contributed by atoms with Gasteiger partial charge in [-0.15, -0.1) is 0 Å². The second kappa shape index (κ2) is 3.64. The van der Waals surface area contributed by atoms with Crippen LogP contribution in [0, 0.1) is 20.8 Å². The van der Waals surface area contributed by atoms with Gasteiger partial charge in [0.05, 0.1) is 0 Å². The summed E-state index contributed by atoms with van der Waals surface area (Å²) in [5.41, 5.74) is 5.41. The van der Waals surface area contributed by atoms with Gasteiger partial charge < -0.3 is 5.32 Å². The van der Waals surface area contributed by atoms with Crippen LogP contribution in [0.4, 0.5) is 5.69 Å². The lowest BCUT2D eigenvalue weighted by molar-refractivity contribution is 0.632. The van der Waals surface area contributed by atoms with E-state index in [1.165, 1.54) is 22.4 Å². The third-order valence-corrected chi connectivity index (χ3v) is 2.18. The van der Waals surface area contributed by atoms with E-state index >= 15 is 0 Å². The Balaban J connectivity index is 3.09. The zero-order valence-electron chi connectivity index (χ0n) is 10.2. The summed E-state index contributed by atoms with van der Waals surface area (Å²) in [4.78, 5) is 0. The molecule has 1 heteroatoms. The minimum Gasteiger partial charge on any atom is -0.380 e. The number of hydrogen-bond acceptors (Lipinski definition) is 1. The van der Waals surface area contributed by atoms with E-state index in [0.29, 0.717) is 0 Å². The fourth-order valence-electron chi connectivity index (χ4n) is 1.75. The Hall–Kier alpha value is -0.980. The Bertz CT molecular complexity index is 309. The van der Waals surface area contributed by atoms with Crippen LogP contribution in [0.25, 0.3) is 0 Å². The van der Waals surface area contributed by atoms with Crippen molar-refractivity contribution in [2.24, 2.45) is 0 Å². The first kappa shape index (κ1) is 11.1. The molecule has 1 nitrogen and oxygen atoms in total. The summed E-state index contributed by atoms with van der Waals surface area (Å²) in [5.74, 6) is 0. The fraction of sp³-hybridized carbons (Fsp3) is 0.538. The molecule has 0 unspecified atom stereocenters. The zero-order valence-corrected chi connectivity index (χ0v) is 10.2. The van der Waals surface area contributed by atoms with Gasteiger partial charge in [-0.2, -0.15) is 0 Å². The molecule has 0 atom stereocenters. The van der Waals surface area contributed by atoms with Crippen LogP contribution in [-0.2, 0) is 0 Å². The van der Waals surface area contributed by atoms with E-state index in [9.17, 15) is 0 Å². The Morgan fingerprint density at radius 1 is 0.929 bits per heavy atom. The molecule has 0 amide bonds. The summed E-state index contributed by atoms with van der Waals surface area (Å²) >= 11 is 0. The lowest BCUT2D eigenvalue weighted by atomic mass is 10.0. The van der Waals surface area contributed by atoms with Gasteiger partial charge in [0.25, 0.3) is 0 Å². The number of hydrogen-bond donors (Lipinski definition) is 1. The number of benzene rings is 1. The molecule has 0 aromatic heterocycles. The van der Waals surface area contributed by atoms with E-state index in [1.807, 2.05) is 0 Å². The maximum atomic E-state index is 3.54. The smallest absolute Gasteiger partial charge is 0.0403 e.